The van der Waals surface area contributed by atoms with Crippen molar-refractivity contribution >= 4 is 33.3 Å². The molecule has 0 amide bonds. The predicted molar refractivity (Wildman–Crippen MR) is 116 cm³/mol. The molecule has 0 aliphatic heterocycles. The van der Waals surface area contributed by atoms with Gasteiger partial charge in [0.25, 0.3) is 5.56 Å². The molecule has 10 heteroatoms. The van der Waals surface area contributed by atoms with Crippen molar-refractivity contribution in [3.8, 4) is 17.0 Å². The third kappa shape index (κ3) is 3.33. The van der Waals surface area contributed by atoms with Crippen LogP contribution in [0, 0.1) is 13.8 Å². The first-order chi connectivity index (χ1) is 14.6. The summed E-state index contributed by atoms with van der Waals surface area (Å²) in [6, 6.07) is 9.74. The number of nitrogens with zero attached hydrogens (tertiary/aromatic N) is 5. The minimum Gasteiger partial charge on any atom is -0.464 e. The molecule has 0 radical (unpaired) electrons. The quantitative estimate of drug-likeness (QED) is 0.413. The van der Waals surface area contributed by atoms with Gasteiger partial charge in [-0.1, -0.05) is 29.5 Å². The van der Waals surface area contributed by atoms with Crippen molar-refractivity contribution in [3.63, 3.8) is 0 Å². The molecule has 0 saturated carbocycles. The summed E-state index contributed by atoms with van der Waals surface area (Å²) in [5.74, 6) is 1.66. The molecule has 30 heavy (non-hydrogen) atoms. The second kappa shape index (κ2) is 7.54. The highest BCUT2D eigenvalue weighted by atomic mass is 32.2. The second-order valence-corrected chi connectivity index (χ2v) is 8.57. The largest absolute Gasteiger partial charge is 0.464 e. The summed E-state index contributed by atoms with van der Waals surface area (Å²) in [6.07, 6.45) is 1.59. The minimum absolute atomic E-state index is 0.183. The number of thiophene rings is 1. The number of thioether (sulfide) groups is 1. The summed E-state index contributed by atoms with van der Waals surface area (Å²) in [4.78, 5) is 20.9. The van der Waals surface area contributed by atoms with Crippen LogP contribution in [0.1, 0.15) is 17.0 Å². The number of nitrogens with one attached hydrogen (secondary N) is 1. The highest BCUT2D eigenvalue weighted by molar-refractivity contribution is 7.98. The maximum absolute atomic E-state index is 12.7. The first-order valence-corrected chi connectivity index (χ1v) is 11.0. The summed E-state index contributed by atoms with van der Waals surface area (Å²) < 4.78 is 7.14. The van der Waals surface area contributed by atoms with E-state index in [1.165, 1.54) is 28.7 Å². The van der Waals surface area contributed by atoms with Gasteiger partial charge in [0.2, 0.25) is 5.16 Å². The lowest BCUT2D eigenvalue weighted by molar-refractivity contribution is 0.583. The van der Waals surface area contributed by atoms with Gasteiger partial charge in [0.15, 0.2) is 0 Å². The molecule has 0 bridgehead atoms. The highest BCUT2D eigenvalue weighted by Crippen LogP contribution is 2.31. The molecule has 0 fully saturated rings. The number of furan rings is 1. The third-order valence-corrected chi connectivity index (χ3v) is 6.44. The lowest BCUT2D eigenvalue weighted by Gasteiger charge is -2.08. The van der Waals surface area contributed by atoms with Crippen LogP contribution in [0.25, 0.3) is 27.2 Å². The average molecular weight is 437 g/mol. The molecule has 0 atom stereocenters. The van der Waals surface area contributed by atoms with E-state index in [4.69, 9.17) is 4.42 Å². The Morgan fingerprint density at radius 2 is 2.17 bits per heavy atom. The number of hydrogen-bond donors (Lipinski definition) is 1. The Morgan fingerprint density at radius 3 is 2.97 bits per heavy atom. The van der Waals surface area contributed by atoms with Gasteiger partial charge >= 0.3 is 0 Å². The van der Waals surface area contributed by atoms with Crippen molar-refractivity contribution in [2.75, 3.05) is 0 Å². The van der Waals surface area contributed by atoms with Crippen LogP contribution < -0.4 is 5.56 Å². The van der Waals surface area contributed by atoms with Crippen molar-refractivity contribution in [2.45, 2.75) is 24.8 Å². The molecule has 5 rings (SSSR count). The van der Waals surface area contributed by atoms with Gasteiger partial charge in [-0.05, 0) is 48.0 Å². The van der Waals surface area contributed by atoms with Crippen LogP contribution >= 0.6 is 23.1 Å². The van der Waals surface area contributed by atoms with Crippen molar-refractivity contribution in [3.05, 3.63) is 69.3 Å². The van der Waals surface area contributed by atoms with Crippen molar-refractivity contribution < 1.29 is 4.42 Å². The Hall–Kier alpha value is -3.24. The van der Waals surface area contributed by atoms with Crippen molar-refractivity contribution in [2.24, 2.45) is 0 Å². The zero-order valence-corrected chi connectivity index (χ0v) is 17.8. The topological polar surface area (TPSA) is 102 Å². The van der Waals surface area contributed by atoms with E-state index in [9.17, 15) is 4.79 Å². The molecule has 4 heterocycles. The Kier molecular flexibility index (Phi) is 4.72. The van der Waals surface area contributed by atoms with Gasteiger partial charge in [-0.25, -0.2) is 4.98 Å². The Morgan fingerprint density at radius 1 is 1.27 bits per heavy atom. The lowest BCUT2D eigenvalue weighted by Crippen LogP contribution is -2.11. The molecule has 0 unspecified atom stereocenters. The molecule has 0 spiro atoms. The maximum atomic E-state index is 12.7. The fourth-order valence-corrected chi connectivity index (χ4v) is 4.97. The first-order valence-electron chi connectivity index (χ1n) is 9.13. The van der Waals surface area contributed by atoms with E-state index in [1.807, 2.05) is 37.4 Å². The summed E-state index contributed by atoms with van der Waals surface area (Å²) >= 11 is 2.84. The third-order valence-electron chi connectivity index (χ3n) is 4.64. The van der Waals surface area contributed by atoms with E-state index >= 15 is 0 Å². The van der Waals surface area contributed by atoms with E-state index in [0.29, 0.717) is 32.7 Å². The summed E-state index contributed by atoms with van der Waals surface area (Å²) in [6.45, 7) is 4.07. The van der Waals surface area contributed by atoms with Gasteiger partial charge in [-0.2, -0.15) is 4.68 Å². The first kappa shape index (κ1) is 18.8. The zero-order valence-electron chi connectivity index (χ0n) is 16.1. The monoisotopic (exact) mass is 436 g/mol. The molecule has 0 aliphatic carbocycles. The molecular weight excluding hydrogens is 420 g/mol. The van der Waals surface area contributed by atoms with Gasteiger partial charge in [0, 0.05) is 10.9 Å². The predicted octanol–water partition coefficient (Wildman–Crippen LogP) is 4.13. The smallest absolute Gasteiger partial charge is 0.260 e. The Bertz CT molecular complexity index is 1400. The SMILES string of the molecule is Cc1ccc(-n2nnnc2SCc2nc3scc(-c4ccco4)c3c(=O)[nH]2)c(C)c1. The van der Waals surface area contributed by atoms with E-state index in [0.717, 1.165) is 16.8 Å². The zero-order chi connectivity index (χ0) is 20.7. The summed E-state index contributed by atoms with van der Waals surface area (Å²) in [7, 11) is 0. The molecule has 0 aliphatic rings. The van der Waals surface area contributed by atoms with Crippen LogP contribution in [-0.2, 0) is 5.75 Å². The van der Waals surface area contributed by atoms with Gasteiger partial charge < -0.3 is 9.40 Å². The number of aromatic amines is 1. The minimum atomic E-state index is -0.183. The molecule has 8 nitrogen and oxygen atoms in total. The molecule has 1 N–H and O–H groups in total. The van der Waals surface area contributed by atoms with E-state index in [2.05, 4.69) is 31.6 Å². The van der Waals surface area contributed by atoms with Gasteiger partial charge in [0.05, 0.1) is 23.1 Å². The molecule has 150 valence electrons. The van der Waals surface area contributed by atoms with Crippen LogP contribution in [0.15, 0.2) is 56.3 Å². The molecule has 1 aromatic carbocycles. The fraction of sp³-hybridized carbons (Fsp3) is 0.150. The maximum Gasteiger partial charge on any atom is 0.260 e. The van der Waals surface area contributed by atoms with Crippen molar-refractivity contribution in [1.82, 2.24) is 30.2 Å². The second-order valence-electron chi connectivity index (χ2n) is 6.77. The van der Waals surface area contributed by atoms with Crippen LogP contribution in [-0.4, -0.2) is 30.2 Å². The number of rotatable bonds is 5. The summed E-state index contributed by atoms with van der Waals surface area (Å²) in [5.41, 5.74) is 3.76. The molecule has 0 saturated heterocycles. The molecule has 5 aromatic rings. The number of aromatic nitrogens is 6. The normalized spacial score (nSPS) is 11.4. The number of aryl methyl sites for hydroxylation is 2. The lowest BCUT2D eigenvalue weighted by atomic mass is 10.1. The number of benzene rings is 1. The number of fused-ring (bicyclic) bond motifs is 1. The Labute approximate surface area is 179 Å². The molecule has 4 aromatic heterocycles. The number of hydrogen-bond acceptors (Lipinski definition) is 8. The van der Waals surface area contributed by atoms with Gasteiger partial charge in [-0.3, -0.25) is 4.79 Å². The molecular formula is C20H16N6O2S2. The van der Waals surface area contributed by atoms with E-state index in [-0.39, 0.29) is 5.56 Å². The van der Waals surface area contributed by atoms with Crippen LogP contribution in [0.5, 0.6) is 0 Å². The number of H-pyrrole nitrogens is 1. The van der Waals surface area contributed by atoms with E-state index in [1.54, 1.807) is 17.0 Å². The Balaban J connectivity index is 1.43. The van der Waals surface area contributed by atoms with Gasteiger partial charge in [0.1, 0.15) is 16.4 Å². The van der Waals surface area contributed by atoms with Crippen LogP contribution in [0.4, 0.5) is 0 Å². The summed E-state index contributed by atoms with van der Waals surface area (Å²) in [5, 5.41) is 15.1. The fourth-order valence-electron chi connectivity index (χ4n) is 3.27. The highest BCUT2D eigenvalue weighted by Gasteiger charge is 2.16. The van der Waals surface area contributed by atoms with Gasteiger partial charge in [-0.15, -0.1) is 16.4 Å². The van der Waals surface area contributed by atoms with Crippen molar-refractivity contribution in [1.29, 1.82) is 0 Å². The van der Waals surface area contributed by atoms with Crippen LogP contribution in [0.2, 0.25) is 0 Å². The standard InChI is InChI=1S/C20H16N6O2S2/c1-11-5-6-14(12(2)8-11)26-20(23-24-25-26)30-10-16-21-18(27)17-13(9-29-19(17)22-16)15-4-3-7-28-15/h3-9H,10H2,1-2H3,(H,21,22,27). The number of tetrazole rings is 1. The average Bonchev–Trinajstić information content (AvgIpc) is 3.46. The van der Waals surface area contributed by atoms with Crippen LogP contribution in [0.3, 0.4) is 0 Å². The van der Waals surface area contributed by atoms with E-state index < -0.39 is 0 Å².